The molecule has 0 spiro atoms. The van der Waals surface area contributed by atoms with Crippen molar-refractivity contribution in [3.05, 3.63) is 0 Å². The summed E-state index contributed by atoms with van der Waals surface area (Å²) in [5, 5.41) is 3.19. The van der Waals surface area contributed by atoms with Crippen LogP contribution >= 0.6 is 0 Å². The highest BCUT2D eigenvalue weighted by Crippen LogP contribution is 2.19. The molecule has 0 radical (unpaired) electrons. The molecule has 0 aliphatic carbocycles. The maximum atomic E-state index is 5.85. The third kappa shape index (κ3) is 9.15. The van der Waals surface area contributed by atoms with Crippen LogP contribution in [0.4, 0.5) is 0 Å². The van der Waals surface area contributed by atoms with Gasteiger partial charge in [-0.1, -0.05) is 20.8 Å². The Morgan fingerprint density at radius 3 is 2.60 bits per heavy atom. The highest BCUT2D eigenvalue weighted by Gasteiger charge is 2.09. The quantitative estimate of drug-likeness (QED) is 0.422. The van der Waals surface area contributed by atoms with Gasteiger partial charge in [-0.05, 0) is 24.7 Å². The summed E-state index contributed by atoms with van der Waals surface area (Å²) in [6, 6.07) is 0. The van der Waals surface area contributed by atoms with E-state index in [1.54, 1.807) is 0 Å². The van der Waals surface area contributed by atoms with Gasteiger partial charge in [0.2, 0.25) is 0 Å². The fourth-order valence-electron chi connectivity index (χ4n) is 2.21. The summed E-state index contributed by atoms with van der Waals surface area (Å²) in [6.45, 7) is 13.4. The number of morpholine rings is 1. The van der Waals surface area contributed by atoms with Crippen molar-refractivity contribution in [1.82, 2.24) is 10.2 Å². The van der Waals surface area contributed by atoms with E-state index in [1.807, 2.05) is 0 Å². The summed E-state index contributed by atoms with van der Waals surface area (Å²) in [7, 11) is 0. The molecule has 0 unspecified atom stereocenters. The molecule has 5 nitrogen and oxygen atoms in total. The van der Waals surface area contributed by atoms with Crippen molar-refractivity contribution in [2.45, 2.75) is 40.0 Å². The topological polar surface area (TPSA) is 62.9 Å². The first-order valence-corrected chi connectivity index (χ1v) is 7.81. The number of guanidine groups is 1. The highest BCUT2D eigenvalue weighted by atomic mass is 16.5. The van der Waals surface area contributed by atoms with E-state index < -0.39 is 0 Å². The maximum Gasteiger partial charge on any atom is 0.188 e. The number of hydrogen-bond donors (Lipinski definition) is 2. The van der Waals surface area contributed by atoms with Gasteiger partial charge in [-0.2, -0.15) is 0 Å². The van der Waals surface area contributed by atoms with Crippen LogP contribution in [0.25, 0.3) is 0 Å². The first kappa shape index (κ1) is 17.2. The lowest BCUT2D eigenvalue weighted by molar-refractivity contribution is 0.0377. The van der Waals surface area contributed by atoms with E-state index in [4.69, 9.17) is 10.5 Å². The van der Waals surface area contributed by atoms with Gasteiger partial charge < -0.3 is 15.8 Å². The van der Waals surface area contributed by atoms with Gasteiger partial charge in [0.1, 0.15) is 0 Å². The standard InChI is InChI=1S/C15H32N4O/c1-15(2,3)6-4-7-17-14(16)18-8-5-9-19-10-12-20-13-11-19/h4-13H2,1-3H3,(H3,16,17,18). The molecule has 118 valence electrons. The molecule has 1 rings (SSSR count). The molecule has 0 bridgehead atoms. The number of nitrogens with zero attached hydrogens (tertiary/aromatic N) is 2. The van der Waals surface area contributed by atoms with Crippen molar-refractivity contribution >= 4 is 5.96 Å². The van der Waals surface area contributed by atoms with Crippen LogP contribution < -0.4 is 11.1 Å². The smallest absolute Gasteiger partial charge is 0.188 e. The zero-order valence-electron chi connectivity index (χ0n) is 13.5. The minimum atomic E-state index is 0.395. The molecular formula is C15H32N4O. The summed E-state index contributed by atoms with van der Waals surface area (Å²) < 4.78 is 5.32. The Morgan fingerprint density at radius 1 is 1.25 bits per heavy atom. The second-order valence-electron chi connectivity index (χ2n) is 6.67. The number of aliphatic imine (C=N–C) groups is 1. The lowest BCUT2D eigenvalue weighted by Gasteiger charge is -2.26. The molecule has 0 amide bonds. The highest BCUT2D eigenvalue weighted by molar-refractivity contribution is 5.77. The number of rotatable bonds is 7. The minimum Gasteiger partial charge on any atom is -0.379 e. The number of ether oxygens (including phenoxy) is 1. The molecule has 1 fully saturated rings. The van der Waals surface area contributed by atoms with Crippen molar-refractivity contribution < 1.29 is 4.74 Å². The second kappa shape index (κ2) is 9.19. The van der Waals surface area contributed by atoms with Gasteiger partial charge in [-0.15, -0.1) is 0 Å². The van der Waals surface area contributed by atoms with Crippen LogP contribution in [0, 0.1) is 5.41 Å². The van der Waals surface area contributed by atoms with Gasteiger partial charge in [0.15, 0.2) is 5.96 Å². The molecule has 0 aromatic heterocycles. The van der Waals surface area contributed by atoms with Gasteiger partial charge >= 0.3 is 0 Å². The molecule has 5 heteroatoms. The van der Waals surface area contributed by atoms with E-state index in [-0.39, 0.29) is 0 Å². The number of hydrogen-bond acceptors (Lipinski definition) is 3. The first-order chi connectivity index (χ1) is 9.47. The molecule has 0 aromatic rings. The van der Waals surface area contributed by atoms with Gasteiger partial charge in [0, 0.05) is 32.7 Å². The van der Waals surface area contributed by atoms with Gasteiger partial charge in [0.05, 0.1) is 13.2 Å². The van der Waals surface area contributed by atoms with E-state index in [1.165, 1.54) is 6.42 Å². The van der Waals surface area contributed by atoms with E-state index in [9.17, 15) is 0 Å². The maximum absolute atomic E-state index is 5.85. The molecule has 0 saturated carbocycles. The van der Waals surface area contributed by atoms with Crippen LogP contribution in [-0.4, -0.2) is 56.8 Å². The van der Waals surface area contributed by atoms with Crippen LogP contribution in [0.1, 0.15) is 40.0 Å². The van der Waals surface area contributed by atoms with Crippen molar-refractivity contribution in [3.63, 3.8) is 0 Å². The Bertz CT molecular complexity index is 280. The Labute approximate surface area is 124 Å². The van der Waals surface area contributed by atoms with Crippen LogP contribution in [0.2, 0.25) is 0 Å². The average molecular weight is 284 g/mol. The zero-order valence-corrected chi connectivity index (χ0v) is 13.5. The van der Waals surface area contributed by atoms with E-state index in [2.05, 4.69) is 36.0 Å². The largest absolute Gasteiger partial charge is 0.379 e. The molecule has 1 saturated heterocycles. The van der Waals surface area contributed by atoms with Crippen molar-refractivity contribution in [1.29, 1.82) is 0 Å². The van der Waals surface area contributed by atoms with Gasteiger partial charge in [-0.3, -0.25) is 9.89 Å². The van der Waals surface area contributed by atoms with E-state index in [0.717, 1.165) is 58.8 Å². The Hall–Kier alpha value is -0.810. The molecule has 0 atom stereocenters. The van der Waals surface area contributed by atoms with E-state index in [0.29, 0.717) is 11.4 Å². The van der Waals surface area contributed by atoms with Crippen molar-refractivity contribution in [3.8, 4) is 0 Å². The lowest BCUT2D eigenvalue weighted by atomic mass is 9.91. The SMILES string of the molecule is CC(C)(C)CCCNC(N)=NCCCN1CCOCC1. The third-order valence-corrected chi connectivity index (χ3v) is 3.43. The second-order valence-corrected chi connectivity index (χ2v) is 6.67. The summed E-state index contributed by atoms with van der Waals surface area (Å²) in [5.74, 6) is 0.584. The van der Waals surface area contributed by atoms with Crippen LogP contribution in [0.15, 0.2) is 4.99 Å². The first-order valence-electron chi connectivity index (χ1n) is 7.81. The molecule has 1 heterocycles. The summed E-state index contributed by atoms with van der Waals surface area (Å²) >= 11 is 0. The zero-order chi connectivity index (χ0) is 14.8. The Kier molecular flexibility index (Phi) is 7.92. The Morgan fingerprint density at radius 2 is 1.95 bits per heavy atom. The average Bonchev–Trinajstić information content (AvgIpc) is 2.40. The van der Waals surface area contributed by atoms with Gasteiger partial charge in [0.25, 0.3) is 0 Å². The molecule has 3 N–H and O–H groups in total. The van der Waals surface area contributed by atoms with Crippen molar-refractivity contribution in [2.75, 3.05) is 45.9 Å². The minimum absolute atomic E-state index is 0.395. The van der Waals surface area contributed by atoms with Crippen LogP contribution in [-0.2, 0) is 4.74 Å². The fourth-order valence-corrected chi connectivity index (χ4v) is 2.21. The predicted molar refractivity (Wildman–Crippen MR) is 85.1 cm³/mol. The summed E-state index contributed by atoms with van der Waals surface area (Å²) in [6.07, 6.45) is 3.39. The van der Waals surface area contributed by atoms with Crippen LogP contribution in [0.5, 0.6) is 0 Å². The summed E-state index contributed by atoms with van der Waals surface area (Å²) in [4.78, 5) is 6.79. The normalized spacial score (nSPS) is 18.2. The molecule has 20 heavy (non-hydrogen) atoms. The third-order valence-electron chi connectivity index (χ3n) is 3.43. The number of nitrogens with two attached hydrogens (primary N) is 1. The summed E-state index contributed by atoms with van der Waals surface area (Å²) in [5.41, 5.74) is 6.24. The van der Waals surface area contributed by atoms with Gasteiger partial charge in [-0.25, -0.2) is 0 Å². The molecule has 0 aromatic carbocycles. The lowest BCUT2D eigenvalue weighted by Crippen LogP contribution is -2.37. The molecule has 1 aliphatic heterocycles. The van der Waals surface area contributed by atoms with E-state index >= 15 is 0 Å². The predicted octanol–water partition coefficient (Wildman–Crippen LogP) is 1.44. The van der Waals surface area contributed by atoms with Crippen LogP contribution in [0.3, 0.4) is 0 Å². The molecule has 1 aliphatic rings. The van der Waals surface area contributed by atoms with Crippen molar-refractivity contribution in [2.24, 2.45) is 16.1 Å². The monoisotopic (exact) mass is 284 g/mol. The number of nitrogens with one attached hydrogen (secondary N) is 1. The fraction of sp³-hybridized carbons (Fsp3) is 0.933. The molecular weight excluding hydrogens is 252 g/mol. The Balaban J connectivity index is 2.00.